The lowest BCUT2D eigenvalue weighted by Crippen LogP contribution is -2.02. The van der Waals surface area contributed by atoms with Crippen molar-refractivity contribution in [3.05, 3.63) is 35.4 Å². The van der Waals surface area contributed by atoms with Crippen molar-refractivity contribution in [3.63, 3.8) is 0 Å². The summed E-state index contributed by atoms with van der Waals surface area (Å²) >= 11 is 0. The Morgan fingerprint density at radius 3 is 1.14 bits per heavy atom. The first-order valence-corrected chi connectivity index (χ1v) is 9.44. The van der Waals surface area contributed by atoms with Gasteiger partial charge >= 0.3 is 11.9 Å². The van der Waals surface area contributed by atoms with Gasteiger partial charge in [-0.2, -0.15) is 0 Å². The Hall–Kier alpha value is -2.00. The van der Waals surface area contributed by atoms with Crippen molar-refractivity contribution in [3.8, 4) is 0 Å². The largest absolute Gasteiger partial charge is 0.478 e. The Labute approximate surface area is 166 Å². The number of rotatable bonds is 10. The number of hydrogen-bond donors (Lipinski definition) is 6. The minimum absolute atomic E-state index is 0.0833. The summed E-state index contributed by atoms with van der Waals surface area (Å²) in [7, 11) is 0. The highest BCUT2D eigenvalue weighted by Crippen LogP contribution is 2.04. The van der Waals surface area contributed by atoms with E-state index in [1.165, 1.54) is 24.3 Å². The second kappa shape index (κ2) is 18.4. The van der Waals surface area contributed by atoms with E-state index >= 15 is 0 Å². The Kier molecular flexibility index (Phi) is 18.5. The van der Waals surface area contributed by atoms with Gasteiger partial charge in [0.15, 0.2) is 12.6 Å². The third-order valence-electron chi connectivity index (χ3n) is 3.51. The molecular formula is C20H34O8. The van der Waals surface area contributed by atoms with Crippen LogP contribution in [0.1, 0.15) is 85.9 Å². The summed E-state index contributed by atoms with van der Waals surface area (Å²) in [4.78, 5) is 20.7. The number of aliphatic hydroxyl groups excluding tert-OH is 2. The van der Waals surface area contributed by atoms with Gasteiger partial charge in [-0.25, -0.2) is 9.59 Å². The lowest BCUT2D eigenvalue weighted by atomic mass is 10.1. The average Bonchev–Trinajstić information content (AvgIpc) is 2.63. The third kappa shape index (κ3) is 18.8. The fourth-order valence-electron chi connectivity index (χ4n) is 1.91. The van der Waals surface area contributed by atoms with Crippen LogP contribution in [-0.4, -0.2) is 55.2 Å². The number of carboxylic acids is 2. The summed E-state index contributed by atoms with van der Waals surface area (Å²) in [6, 6.07) is 5.02. The van der Waals surface area contributed by atoms with Crippen molar-refractivity contribution < 1.29 is 40.2 Å². The highest BCUT2D eigenvalue weighted by Gasteiger charge is 2.04. The van der Waals surface area contributed by atoms with Crippen molar-refractivity contribution in [1.82, 2.24) is 0 Å². The summed E-state index contributed by atoms with van der Waals surface area (Å²) in [5.74, 6) is -2.13. The van der Waals surface area contributed by atoms with Gasteiger partial charge in [0.25, 0.3) is 0 Å². The van der Waals surface area contributed by atoms with E-state index in [-0.39, 0.29) is 11.1 Å². The third-order valence-corrected chi connectivity index (χ3v) is 3.51. The van der Waals surface area contributed by atoms with E-state index in [0.717, 1.165) is 38.5 Å². The van der Waals surface area contributed by atoms with E-state index in [1.807, 2.05) is 0 Å². The maximum atomic E-state index is 10.3. The zero-order valence-electron chi connectivity index (χ0n) is 16.6. The molecule has 0 saturated carbocycles. The monoisotopic (exact) mass is 402 g/mol. The number of hydrogen-bond acceptors (Lipinski definition) is 6. The Morgan fingerprint density at radius 2 is 0.964 bits per heavy atom. The Morgan fingerprint density at radius 1 is 0.679 bits per heavy atom. The molecule has 0 radical (unpaired) electrons. The topological polar surface area (TPSA) is 156 Å². The van der Waals surface area contributed by atoms with Crippen LogP contribution in [0.25, 0.3) is 0 Å². The summed E-state index contributed by atoms with van der Waals surface area (Å²) < 4.78 is 0. The number of aromatic carboxylic acids is 2. The zero-order chi connectivity index (χ0) is 21.9. The highest BCUT2D eigenvalue weighted by atomic mass is 16.5. The number of aliphatic hydroxyl groups is 4. The van der Waals surface area contributed by atoms with Crippen molar-refractivity contribution >= 4 is 11.9 Å². The van der Waals surface area contributed by atoms with Gasteiger partial charge in [0.2, 0.25) is 0 Å². The van der Waals surface area contributed by atoms with Crippen LogP contribution < -0.4 is 0 Å². The van der Waals surface area contributed by atoms with Crippen molar-refractivity contribution in [2.24, 2.45) is 0 Å². The van der Waals surface area contributed by atoms with Gasteiger partial charge in [0.05, 0.1) is 11.1 Å². The smallest absolute Gasteiger partial charge is 0.335 e. The quantitative estimate of drug-likeness (QED) is 0.258. The summed E-state index contributed by atoms with van der Waals surface area (Å²) in [6.45, 7) is 4.17. The highest BCUT2D eigenvalue weighted by molar-refractivity contribution is 5.91. The Balaban J connectivity index is 0. The van der Waals surface area contributed by atoms with E-state index in [4.69, 9.17) is 30.6 Å². The maximum absolute atomic E-state index is 10.3. The van der Waals surface area contributed by atoms with Crippen LogP contribution in [-0.2, 0) is 0 Å². The Bertz CT molecular complexity index is 464. The molecular weight excluding hydrogens is 368 g/mol. The molecule has 8 heteroatoms. The molecule has 1 rings (SSSR count). The van der Waals surface area contributed by atoms with Crippen LogP contribution in [0.2, 0.25) is 0 Å². The van der Waals surface area contributed by atoms with Gasteiger partial charge < -0.3 is 30.6 Å². The van der Waals surface area contributed by atoms with Gasteiger partial charge in [0.1, 0.15) is 0 Å². The van der Waals surface area contributed by atoms with Gasteiger partial charge in [-0.15, -0.1) is 0 Å². The molecule has 0 fully saturated rings. The van der Waals surface area contributed by atoms with E-state index in [9.17, 15) is 9.59 Å². The molecule has 0 aliphatic carbocycles. The lowest BCUT2D eigenvalue weighted by Gasteiger charge is -1.99. The molecule has 0 heterocycles. The second-order valence-corrected chi connectivity index (χ2v) is 6.14. The van der Waals surface area contributed by atoms with E-state index in [1.54, 1.807) is 0 Å². The fraction of sp³-hybridized carbons (Fsp3) is 0.600. The molecule has 28 heavy (non-hydrogen) atoms. The molecule has 0 bridgehead atoms. The van der Waals surface area contributed by atoms with Crippen LogP contribution in [0.4, 0.5) is 0 Å². The van der Waals surface area contributed by atoms with Gasteiger partial charge in [-0.3, -0.25) is 0 Å². The van der Waals surface area contributed by atoms with Crippen LogP contribution in [0.3, 0.4) is 0 Å². The fourth-order valence-corrected chi connectivity index (χ4v) is 1.91. The summed E-state index contributed by atoms with van der Waals surface area (Å²) in [5.41, 5.74) is 0.167. The molecule has 0 unspecified atom stereocenters. The first kappa shape index (κ1) is 28.2. The molecule has 0 atom stereocenters. The minimum Gasteiger partial charge on any atom is -0.478 e. The van der Waals surface area contributed by atoms with Gasteiger partial charge in [-0.1, -0.05) is 39.5 Å². The molecule has 0 spiro atoms. The first-order chi connectivity index (χ1) is 13.1. The van der Waals surface area contributed by atoms with Crippen LogP contribution >= 0.6 is 0 Å². The number of carboxylic acid groups (broad SMARTS) is 2. The molecule has 6 N–H and O–H groups in total. The van der Waals surface area contributed by atoms with E-state index in [2.05, 4.69) is 13.8 Å². The lowest BCUT2D eigenvalue weighted by molar-refractivity contribution is -0.0472. The predicted octanol–water partition coefficient (Wildman–Crippen LogP) is 2.84. The summed E-state index contributed by atoms with van der Waals surface area (Å²) in [6.07, 6.45) is 5.15. The van der Waals surface area contributed by atoms with Crippen LogP contribution in [0, 0.1) is 0 Å². The molecule has 0 aliphatic heterocycles. The zero-order valence-corrected chi connectivity index (χ0v) is 16.6. The first-order valence-electron chi connectivity index (χ1n) is 9.44. The predicted molar refractivity (Wildman–Crippen MR) is 105 cm³/mol. The molecule has 8 nitrogen and oxygen atoms in total. The molecule has 1 aromatic carbocycles. The maximum Gasteiger partial charge on any atom is 0.335 e. The summed E-state index contributed by atoms with van der Waals surface area (Å²) in [5, 5.41) is 50.3. The molecule has 0 aromatic heterocycles. The molecule has 0 amide bonds. The molecule has 0 saturated heterocycles. The van der Waals surface area contributed by atoms with Gasteiger partial charge in [0, 0.05) is 0 Å². The van der Waals surface area contributed by atoms with Crippen molar-refractivity contribution in [2.75, 3.05) is 0 Å². The van der Waals surface area contributed by atoms with Crippen LogP contribution in [0.15, 0.2) is 24.3 Å². The van der Waals surface area contributed by atoms with Crippen LogP contribution in [0.5, 0.6) is 0 Å². The molecule has 1 aromatic rings. The minimum atomic E-state index is -1.10. The standard InChI is InChI=1S/C8H6O4.2C6H14O2/c9-7(10)5-1-2-6(4-3-5)8(11)12;2*1-2-3-4-5-6(7)8/h1-4H,(H,9,10)(H,11,12);2*6-8H,2-5H2,1H3. The number of carbonyl (C=O) groups is 2. The van der Waals surface area contributed by atoms with Crippen molar-refractivity contribution in [2.45, 2.75) is 77.8 Å². The van der Waals surface area contributed by atoms with E-state index in [0.29, 0.717) is 12.8 Å². The average molecular weight is 402 g/mol. The molecule has 162 valence electrons. The second-order valence-electron chi connectivity index (χ2n) is 6.14. The molecule has 0 aliphatic rings. The number of unbranched alkanes of at least 4 members (excludes halogenated alkanes) is 4. The number of benzene rings is 1. The van der Waals surface area contributed by atoms with E-state index < -0.39 is 24.5 Å². The normalized spacial score (nSPS) is 10.0. The van der Waals surface area contributed by atoms with Crippen molar-refractivity contribution in [1.29, 1.82) is 0 Å². The van der Waals surface area contributed by atoms with Gasteiger partial charge in [-0.05, 0) is 49.9 Å². The SMILES string of the molecule is CCCCCC(O)O.CCCCCC(O)O.O=C(O)c1ccc(C(=O)O)cc1.